The van der Waals surface area contributed by atoms with Gasteiger partial charge in [-0.15, -0.1) is 0 Å². The Bertz CT molecular complexity index is 615. The van der Waals surface area contributed by atoms with Gasteiger partial charge in [-0.1, -0.05) is 18.2 Å². The molecule has 0 spiro atoms. The van der Waals surface area contributed by atoms with Crippen LogP contribution in [0, 0.1) is 18.3 Å². The molecule has 0 unspecified atom stereocenters. The number of aromatic hydroxyl groups is 1. The molecule has 0 aliphatic carbocycles. The van der Waals surface area contributed by atoms with Crippen molar-refractivity contribution in [2.24, 2.45) is 0 Å². The Morgan fingerprint density at radius 3 is 2.60 bits per heavy atom. The molecule has 2 N–H and O–H groups in total. The number of nitrogens with one attached hydrogen (secondary N) is 1. The second kappa shape index (κ2) is 6.48. The smallest absolute Gasteiger partial charge is 0.174 e. The second-order valence-electron chi connectivity index (χ2n) is 4.45. The third-order valence-corrected chi connectivity index (χ3v) is 2.93. The summed E-state index contributed by atoms with van der Waals surface area (Å²) in [6.07, 6.45) is 0. The summed E-state index contributed by atoms with van der Waals surface area (Å²) in [5.41, 5.74) is 2.82. The lowest BCUT2D eigenvalue weighted by Crippen LogP contribution is -2.00. The molecule has 4 nitrogen and oxygen atoms in total. The van der Waals surface area contributed by atoms with Gasteiger partial charge in [0, 0.05) is 18.3 Å². The molecule has 0 saturated heterocycles. The summed E-state index contributed by atoms with van der Waals surface area (Å²) in [5, 5.41) is 21.3. The van der Waals surface area contributed by atoms with Gasteiger partial charge in [-0.05, 0) is 36.2 Å². The van der Waals surface area contributed by atoms with E-state index in [2.05, 4.69) is 5.32 Å². The number of anilines is 1. The van der Waals surface area contributed by atoms with Gasteiger partial charge in [0.15, 0.2) is 6.61 Å². The van der Waals surface area contributed by atoms with Crippen molar-refractivity contribution in [1.29, 1.82) is 5.26 Å². The first-order chi connectivity index (χ1) is 9.69. The Morgan fingerprint density at radius 1 is 1.20 bits per heavy atom. The number of ether oxygens (including phenoxy) is 1. The van der Waals surface area contributed by atoms with Gasteiger partial charge in [0.1, 0.15) is 17.6 Å². The van der Waals surface area contributed by atoms with E-state index in [0.29, 0.717) is 12.3 Å². The van der Waals surface area contributed by atoms with Crippen molar-refractivity contribution in [1.82, 2.24) is 0 Å². The van der Waals surface area contributed by atoms with Crippen molar-refractivity contribution < 1.29 is 9.84 Å². The van der Waals surface area contributed by atoms with Gasteiger partial charge in [0.2, 0.25) is 0 Å². The minimum atomic E-state index is 0.0558. The number of phenols is 1. The maximum atomic E-state index is 9.63. The predicted molar refractivity (Wildman–Crippen MR) is 77.7 cm³/mol. The van der Waals surface area contributed by atoms with Crippen LogP contribution in [0.1, 0.15) is 11.1 Å². The molecule has 0 fully saturated rings. The highest BCUT2D eigenvalue weighted by Gasteiger charge is 1.99. The Labute approximate surface area is 118 Å². The van der Waals surface area contributed by atoms with Crippen LogP contribution in [-0.4, -0.2) is 11.7 Å². The molecule has 0 aliphatic heterocycles. The highest BCUT2D eigenvalue weighted by molar-refractivity contribution is 5.51. The number of rotatable bonds is 5. The largest absolute Gasteiger partial charge is 0.508 e. The van der Waals surface area contributed by atoms with Crippen LogP contribution in [0.15, 0.2) is 42.5 Å². The van der Waals surface area contributed by atoms with Crippen molar-refractivity contribution >= 4 is 5.69 Å². The fourth-order valence-electron chi connectivity index (χ4n) is 1.74. The summed E-state index contributed by atoms with van der Waals surface area (Å²) in [7, 11) is 0. The zero-order valence-electron chi connectivity index (χ0n) is 11.3. The Hall–Kier alpha value is -2.67. The zero-order chi connectivity index (χ0) is 14.4. The van der Waals surface area contributed by atoms with Gasteiger partial charge in [-0.25, -0.2) is 0 Å². The summed E-state index contributed by atoms with van der Waals surface area (Å²) < 4.78 is 5.19. The lowest BCUT2D eigenvalue weighted by molar-refractivity contribution is 0.368. The van der Waals surface area contributed by atoms with Crippen LogP contribution in [-0.2, 0) is 6.54 Å². The molecule has 4 heteroatoms. The Kier molecular flexibility index (Phi) is 4.46. The molecule has 102 valence electrons. The van der Waals surface area contributed by atoms with E-state index < -0.39 is 0 Å². The normalized spacial score (nSPS) is 9.80. The maximum absolute atomic E-state index is 9.63. The molecule has 0 aliphatic rings. The first-order valence-corrected chi connectivity index (χ1v) is 6.31. The summed E-state index contributed by atoms with van der Waals surface area (Å²) >= 11 is 0. The molecule has 2 aromatic rings. The first kappa shape index (κ1) is 13.8. The average Bonchev–Trinajstić information content (AvgIpc) is 2.47. The van der Waals surface area contributed by atoms with Crippen LogP contribution in [0.25, 0.3) is 0 Å². The number of hydrogen-bond donors (Lipinski definition) is 2. The highest BCUT2D eigenvalue weighted by atomic mass is 16.5. The molecule has 0 radical (unpaired) electrons. The molecule has 0 saturated carbocycles. The number of benzene rings is 2. The number of hydrogen-bond acceptors (Lipinski definition) is 4. The molecule has 0 heterocycles. The van der Waals surface area contributed by atoms with Gasteiger partial charge in [0.05, 0.1) is 0 Å². The van der Waals surface area contributed by atoms with Crippen LogP contribution < -0.4 is 10.1 Å². The van der Waals surface area contributed by atoms with Gasteiger partial charge >= 0.3 is 0 Å². The summed E-state index contributed by atoms with van der Waals surface area (Å²) in [5.74, 6) is 0.971. The molecule has 0 atom stereocenters. The third-order valence-electron chi connectivity index (χ3n) is 2.93. The van der Waals surface area contributed by atoms with E-state index in [-0.39, 0.29) is 12.4 Å². The predicted octanol–water partition coefficient (Wildman–Crippen LogP) is 3.22. The SMILES string of the molecule is Cc1ccc(NCc2ccc(OCC#N)cc2)cc1O. The number of nitriles is 1. The van der Waals surface area contributed by atoms with Crippen LogP contribution in [0.3, 0.4) is 0 Å². The molecular formula is C16H16N2O2. The Balaban J connectivity index is 1.93. The van der Waals surface area contributed by atoms with Crippen LogP contribution in [0.2, 0.25) is 0 Å². The minimum Gasteiger partial charge on any atom is -0.508 e. The fourth-order valence-corrected chi connectivity index (χ4v) is 1.74. The topological polar surface area (TPSA) is 65.3 Å². The van der Waals surface area contributed by atoms with Crippen molar-refractivity contribution in [2.75, 3.05) is 11.9 Å². The van der Waals surface area contributed by atoms with Gasteiger partial charge in [0.25, 0.3) is 0 Å². The number of nitrogens with zero attached hydrogens (tertiary/aromatic N) is 1. The lowest BCUT2D eigenvalue weighted by atomic mass is 10.2. The zero-order valence-corrected chi connectivity index (χ0v) is 11.3. The number of aryl methyl sites for hydroxylation is 1. The molecular weight excluding hydrogens is 252 g/mol. The van der Waals surface area contributed by atoms with Crippen molar-refractivity contribution in [3.8, 4) is 17.6 Å². The van der Waals surface area contributed by atoms with Gasteiger partial charge < -0.3 is 15.2 Å². The quantitative estimate of drug-likeness (QED) is 0.873. The maximum Gasteiger partial charge on any atom is 0.174 e. The van der Waals surface area contributed by atoms with E-state index in [9.17, 15) is 5.11 Å². The van der Waals surface area contributed by atoms with E-state index in [1.165, 1.54) is 0 Å². The van der Waals surface area contributed by atoms with E-state index in [4.69, 9.17) is 10.00 Å². The summed E-state index contributed by atoms with van der Waals surface area (Å²) in [6, 6.07) is 15.0. The van der Waals surface area contributed by atoms with Gasteiger partial charge in [-0.2, -0.15) is 5.26 Å². The second-order valence-corrected chi connectivity index (χ2v) is 4.45. The lowest BCUT2D eigenvalue weighted by Gasteiger charge is -2.09. The highest BCUT2D eigenvalue weighted by Crippen LogP contribution is 2.21. The minimum absolute atomic E-state index is 0.0558. The molecule has 0 amide bonds. The van der Waals surface area contributed by atoms with E-state index in [0.717, 1.165) is 16.8 Å². The standard InChI is InChI=1S/C16H16N2O2/c1-12-2-5-14(10-16(12)19)18-11-13-3-6-15(7-4-13)20-9-8-17/h2-7,10,18-19H,9,11H2,1H3. The van der Waals surface area contributed by atoms with E-state index in [1.54, 1.807) is 6.07 Å². The third kappa shape index (κ3) is 3.66. The summed E-state index contributed by atoms with van der Waals surface area (Å²) in [4.78, 5) is 0. The Morgan fingerprint density at radius 2 is 1.95 bits per heavy atom. The van der Waals surface area contributed by atoms with E-state index in [1.807, 2.05) is 49.4 Å². The van der Waals surface area contributed by atoms with Gasteiger partial charge in [-0.3, -0.25) is 0 Å². The molecule has 2 rings (SSSR count). The monoisotopic (exact) mass is 268 g/mol. The number of phenolic OH excluding ortho intramolecular Hbond substituents is 1. The van der Waals surface area contributed by atoms with Crippen molar-refractivity contribution in [3.63, 3.8) is 0 Å². The van der Waals surface area contributed by atoms with Crippen LogP contribution >= 0.6 is 0 Å². The molecule has 0 aromatic heterocycles. The van der Waals surface area contributed by atoms with E-state index >= 15 is 0 Å². The fraction of sp³-hybridized carbons (Fsp3) is 0.188. The molecule has 0 bridgehead atoms. The van der Waals surface area contributed by atoms with Crippen molar-refractivity contribution in [2.45, 2.75) is 13.5 Å². The average molecular weight is 268 g/mol. The molecule has 20 heavy (non-hydrogen) atoms. The summed E-state index contributed by atoms with van der Waals surface area (Å²) in [6.45, 7) is 2.57. The van der Waals surface area contributed by atoms with Crippen LogP contribution in [0.5, 0.6) is 11.5 Å². The molecule has 2 aromatic carbocycles. The van der Waals surface area contributed by atoms with Crippen molar-refractivity contribution in [3.05, 3.63) is 53.6 Å². The van der Waals surface area contributed by atoms with Crippen LogP contribution in [0.4, 0.5) is 5.69 Å². The first-order valence-electron chi connectivity index (χ1n) is 6.31.